The topological polar surface area (TPSA) is 15.6 Å². The molecular formula is C16H12ClFN2. The summed E-state index contributed by atoms with van der Waals surface area (Å²) >= 11 is 6.48. The van der Waals surface area contributed by atoms with Gasteiger partial charge in [0.1, 0.15) is 11.5 Å². The summed E-state index contributed by atoms with van der Waals surface area (Å²) in [4.78, 5) is 6.77. The fourth-order valence-electron chi connectivity index (χ4n) is 3.14. The number of aliphatic imine (C=N–C) groups is 1. The molecule has 20 heavy (non-hydrogen) atoms. The van der Waals surface area contributed by atoms with Crippen LogP contribution in [-0.4, -0.2) is 23.7 Å². The Bertz CT molecular complexity index is 719. The van der Waals surface area contributed by atoms with E-state index in [4.69, 9.17) is 11.6 Å². The van der Waals surface area contributed by atoms with Gasteiger partial charge in [-0.05, 0) is 18.2 Å². The molecule has 0 fully saturated rings. The van der Waals surface area contributed by atoms with Gasteiger partial charge in [0.05, 0.1) is 28.4 Å². The Morgan fingerprint density at radius 1 is 1.25 bits per heavy atom. The molecule has 4 rings (SSSR count). The lowest BCUT2D eigenvalue weighted by atomic mass is 9.89. The van der Waals surface area contributed by atoms with E-state index in [1.54, 1.807) is 0 Å². The number of fused-ring (bicyclic) bond motifs is 3. The second-order valence-electron chi connectivity index (χ2n) is 5.21. The first-order chi connectivity index (χ1) is 9.66. The molecule has 0 saturated carbocycles. The molecule has 0 radical (unpaired) electrons. The van der Waals surface area contributed by atoms with E-state index in [1.807, 2.05) is 31.4 Å². The first kappa shape index (κ1) is 11.9. The van der Waals surface area contributed by atoms with Crippen molar-refractivity contribution < 1.29 is 4.39 Å². The molecule has 4 heteroatoms. The third kappa shape index (κ3) is 1.47. The zero-order valence-electron chi connectivity index (χ0n) is 10.8. The molecule has 0 bridgehead atoms. The van der Waals surface area contributed by atoms with E-state index >= 15 is 0 Å². The Kier molecular flexibility index (Phi) is 2.42. The van der Waals surface area contributed by atoms with Crippen LogP contribution in [0.3, 0.4) is 0 Å². The average Bonchev–Trinajstić information content (AvgIpc) is 2.84. The molecule has 2 heterocycles. The molecule has 0 aromatic carbocycles. The molecular weight excluding hydrogens is 275 g/mol. The van der Waals surface area contributed by atoms with E-state index in [9.17, 15) is 4.39 Å². The number of hydrogen-bond acceptors (Lipinski definition) is 2. The lowest BCUT2D eigenvalue weighted by Crippen LogP contribution is -2.38. The molecule has 0 aromatic heterocycles. The maximum absolute atomic E-state index is 13.5. The van der Waals surface area contributed by atoms with Crippen LogP contribution < -0.4 is 0 Å². The van der Waals surface area contributed by atoms with E-state index in [2.05, 4.69) is 16.0 Å². The first-order valence-corrected chi connectivity index (χ1v) is 6.90. The van der Waals surface area contributed by atoms with Crippen molar-refractivity contribution in [3.63, 3.8) is 0 Å². The SMILES string of the molecule is CN1C2=C(N=C3C=CC=CC32)C(Cl)=C2C=C(F)C=CC21. The molecule has 2 nitrogen and oxygen atoms in total. The van der Waals surface area contributed by atoms with E-state index in [1.165, 1.54) is 12.2 Å². The highest BCUT2D eigenvalue weighted by molar-refractivity contribution is 6.33. The van der Waals surface area contributed by atoms with Crippen molar-refractivity contribution in [2.45, 2.75) is 6.04 Å². The predicted molar refractivity (Wildman–Crippen MR) is 79.0 cm³/mol. The van der Waals surface area contributed by atoms with Gasteiger partial charge in [-0.3, -0.25) is 0 Å². The summed E-state index contributed by atoms with van der Waals surface area (Å²) in [7, 11) is 2.01. The standard InChI is InChI=1S/C16H12ClFN2/c1-20-13-7-6-9(18)8-11(13)14(17)15-16(20)10-4-2-3-5-12(10)19-15/h2-8,10,13H,1H3. The molecule has 2 aliphatic heterocycles. The van der Waals surface area contributed by atoms with Gasteiger partial charge in [-0.1, -0.05) is 35.9 Å². The number of halogens is 2. The summed E-state index contributed by atoms with van der Waals surface area (Å²) in [6.07, 6.45) is 13.0. The monoisotopic (exact) mass is 286 g/mol. The number of likely N-dealkylation sites (N-methyl/N-ethyl adjacent to an activating group) is 1. The van der Waals surface area contributed by atoms with Gasteiger partial charge in [-0.25, -0.2) is 9.38 Å². The maximum atomic E-state index is 13.5. The van der Waals surface area contributed by atoms with Gasteiger partial charge in [-0.2, -0.15) is 0 Å². The fourth-order valence-corrected chi connectivity index (χ4v) is 3.44. The summed E-state index contributed by atoms with van der Waals surface area (Å²) in [5, 5.41) is 0.561. The highest BCUT2D eigenvalue weighted by Gasteiger charge is 2.39. The number of hydrogen-bond donors (Lipinski definition) is 0. The highest BCUT2D eigenvalue weighted by atomic mass is 35.5. The van der Waals surface area contributed by atoms with Gasteiger partial charge >= 0.3 is 0 Å². The smallest absolute Gasteiger partial charge is 0.123 e. The Balaban J connectivity index is 1.91. The third-order valence-corrected chi connectivity index (χ3v) is 4.48. The third-order valence-electron chi connectivity index (χ3n) is 4.09. The molecule has 0 N–H and O–H groups in total. The van der Waals surface area contributed by atoms with Gasteiger partial charge in [0.2, 0.25) is 0 Å². The van der Waals surface area contributed by atoms with Crippen LogP contribution in [0.4, 0.5) is 4.39 Å². The summed E-state index contributed by atoms with van der Waals surface area (Å²) in [5.74, 6) is -0.117. The molecule has 0 spiro atoms. The van der Waals surface area contributed by atoms with Crippen LogP contribution in [0.25, 0.3) is 0 Å². The van der Waals surface area contributed by atoms with Gasteiger partial charge in [-0.15, -0.1) is 0 Å². The average molecular weight is 287 g/mol. The number of rotatable bonds is 0. The Labute approximate surface area is 121 Å². The molecule has 2 atom stereocenters. The maximum Gasteiger partial charge on any atom is 0.123 e. The summed E-state index contributed by atoms with van der Waals surface area (Å²) in [5.41, 5.74) is 3.65. The Hall–Kier alpha value is -1.87. The van der Waals surface area contributed by atoms with Crippen LogP contribution in [0.5, 0.6) is 0 Å². The highest BCUT2D eigenvalue weighted by Crippen LogP contribution is 2.44. The normalized spacial score (nSPS) is 30.2. The molecule has 0 saturated heterocycles. The molecule has 4 aliphatic rings. The zero-order chi connectivity index (χ0) is 13.9. The molecule has 2 aliphatic carbocycles. The minimum Gasteiger partial charge on any atom is -0.365 e. The van der Waals surface area contributed by atoms with Crippen molar-refractivity contribution >= 4 is 17.3 Å². The van der Waals surface area contributed by atoms with Crippen molar-refractivity contribution in [1.29, 1.82) is 0 Å². The summed E-state index contributed by atoms with van der Waals surface area (Å²) in [6, 6.07) is -0.0189. The number of allylic oxidation sites excluding steroid dienone is 7. The van der Waals surface area contributed by atoms with Crippen LogP contribution in [0, 0.1) is 5.92 Å². The number of nitrogens with zero attached hydrogens (tertiary/aromatic N) is 2. The Morgan fingerprint density at radius 2 is 2.10 bits per heavy atom. The van der Waals surface area contributed by atoms with E-state index < -0.39 is 0 Å². The van der Waals surface area contributed by atoms with E-state index in [0.29, 0.717) is 5.03 Å². The van der Waals surface area contributed by atoms with Crippen LogP contribution in [0.1, 0.15) is 0 Å². The lowest BCUT2D eigenvalue weighted by molar-refractivity contribution is 0.362. The van der Waals surface area contributed by atoms with Gasteiger partial charge < -0.3 is 4.90 Å². The van der Waals surface area contributed by atoms with Crippen LogP contribution >= 0.6 is 11.6 Å². The van der Waals surface area contributed by atoms with Crippen molar-refractivity contribution in [2.75, 3.05) is 7.05 Å². The van der Waals surface area contributed by atoms with Crippen LogP contribution in [0.2, 0.25) is 0 Å². The van der Waals surface area contributed by atoms with Gasteiger partial charge in [0, 0.05) is 12.6 Å². The molecule has 0 amide bonds. The van der Waals surface area contributed by atoms with Crippen molar-refractivity contribution in [1.82, 2.24) is 4.90 Å². The van der Waals surface area contributed by atoms with Crippen LogP contribution in [0.15, 0.2) is 75.4 Å². The second-order valence-corrected chi connectivity index (χ2v) is 5.58. The summed E-state index contributed by atoms with van der Waals surface area (Å²) in [6.45, 7) is 0. The van der Waals surface area contributed by atoms with Crippen molar-refractivity contribution in [2.24, 2.45) is 10.9 Å². The largest absolute Gasteiger partial charge is 0.365 e. The van der Waals surface area contributed by atoms with E-state index in [-0.39, 0.29) is 17.8 Å². The zero-order valence-corrected chi connectivity index (χ0v) is 11.6. The second kappa shape index (κ2) is 4.06. The quantitative estimate of drug-likeness (QED) is 0.664. The molecule has 100 valence electrons. The van der Waals surface area contributed by atoms with Gasteiger partial charge in [0.15, 0.2) is 0 Å². The van der Waals surface area contributed by atoms with Crippen molar-refractivity contribution in [3.05, 3.63) is 70.4 Å². The van der Waals surface area contributed by atoms with E-state index in [0.717, 1.165) is 22.7 Å². The fraction of sp³-hybridized carbons (Fsp3) is 0.188. The minimum atomic E-state index is -0.269. The first-order valence-electron chi connectivity index (χ1n) is 6.52. The van der Waals surface area contributed by atoms with Crippen molar-refractivity contribution in [3.8, 4) is 0 Å². The molecule has 2 unspecified atom stereocenters. The molecule has 0 aromatic rings. The predicted octanol–water partition coefficient (Wildman–Crippen LogP) is 3.62. The lowest BCUT2D eigenvalue weighted by Gasteiger charge is -2.37. The van der Waals surface area contributed by atoms with Crippen LogP contribution in [-0.2, 0) is 0 Å². The summed E-state index contributed by atoms with van der Waals surface area (Å²) < 4.78 is 13.5. The Morgan fingerprint density at radius 3 is 2.95 bits per heavy atom. The minimum absolute atomic E-state index is 0.0189. The van der Waals surface area contributed by atoms with Gasteiger partial charge in [0.25, 0.3) is 0 Å².